The van der Waals surface area contributed by atoms with Gasteiger partial charge in [0.25, 0.3) is 0 Å². The molecule has 2 atom stereocenters. The number of aliphatic imine (C=N–C) groups is 1. The Morgan fingerprint density at radius 1 is 1.75 bits per heavy atom. The molecule has 1 N–H and O–H groups in total. The van der Waals surface area contributed by atoms with Crippen molar-refractivity contribution in [3.63, 3.8) is 0 Å². The zero-order chi connectivity index (χ0) is 6.57. The van der Waals surface area contributed by atoms with E-state index in [2.05, 4.69) is 11.7 Å². The van der Waals surface area contributed by atoms with Crippen molar-refractivity contribution in [2.24, 2.45) is 10.9 Å². The first-order chi connectivity index (χ1) is 3.72. The third-order valence-corrected chi connectivity index (χ3v) is 1.34. The Kier molecular flexibility index (Phi) is 3.44. The third kappa shape index (κ3) is 2.07. The molecule has 2 heteroatoms. The van der Waals surface area contributed by atoms with Crippen molar-refractivity contribution < 1.29 is 5.11 Å². The molecule has 2 unspecified atom stereocenters. The Balaban J connectivity index is 3.44. The van der Waals surface area contributed by atoms with Crippen LogP contribution in [0.4, 0.5) is 0 Å². The standard InChI is InChI=1S/C6H13NO/c1-4-5(2)6(8)7-3/h5-6,8H,3-4H2,1-2H3. The topological polar surface area (TPSA) is 32.6 Å². The molecule has 0 aromatic heterocycles. The van der Waals surface area contributed by atoms with Gasteiger partial charge in [0.1, 0.15) is 6.23 Å². The molecule has 0 fully saturated rings. The molecule has 0 aromatic carbocycles. The first-order valence-electron chi connectivity index (χ1n) is 2.86. The molecule has 2 nitrogen and oxygen atoms in total. The van der Waals surface area contributed by atoms with Crippen LogP contribution in [-0.4, -0.2) is 18.1 Å². The number of rotatable bonds is 3. The Morgan fingerprint density at radius 3 is 2.38 bits per heavy atom. The van der Waals surface area contributed by atoms with E-state index >= 15 is 0 Å². The number of aliphatic hydroxyl groups excluding tert-OH is 1. The fourth-order valence-corrected chi connectivity index (χ4v) is 0.391. The fraction of sp³-hybridized carbons (Fsp3) is 0.833. The van der Waals surface area contributed by atoms with Crippen LogP contribution < -0.4 is 0 Å². The van der Waals surface area contributed by atoms with Gasteiger partial charge < -0.3 is 5.11 Å². The first-order valence-corrected chi connectivity index (χ1v) is 2.86. The van der Waals surface area contributed by atoms with E-state index in [1.54, 1.807) is 0 Å². The molecule has 0 rings (SSSR count). The highest BCUT2D eigenvalue weighted by Gasteiger charge is 2.06. The van der Waals surface area contributed by atoms with Crippen LogP contribution in [-0.2, 0) is 0 Å². The number of aliphatic hydroxyl groups is 1. The van der Waals surface area contributed by atoms with Crippen LogP contribution in [0.2, 0.25) is 0 Å². The van der Waals surface area contributed by atoms with Crippen molar-refractivity contribution in [1.82, 2.24) is 0 Å². The highest BCUT2D eigenvalue weighted by Crippen LogP contribution is 2.06. The third-order valence-electron chi connectivity index (χ3n) is 1.34. The largest absolute Gasteiger partial charge is 0.372 e. The highest BCUT2D eigenvalue weighted by atomic mass is 16.3. The Labute approximate surface area is 50.3 Å². The minimum atomic E-state index is -0.569. The van der Waals surface area contributed by atoms with Crippen LogP contribution >= 0.6 is 0 Å². The molecule has 0 aliphatic heterocycles. The van der Waals surface area contributed by atoms with E-state index < -0.39 is 6.23 Å². The minimum absolute atomic E-state index is 0.243. The van der Waals surface area contributed by atoms with Crippen LogP contribution in [0.15, 0.2) is 4.99 Å². The monoisotopic (exact) mass is 115 g/mol. The van der Waals surface area contributed by atoms with E-state index in [0.717, 1.165) is 6.42 Å². The summed E-state index contributed by atoms with van der Waals surface area (Å²) in [6.07, 6.45) is 0.375. The summed E-state index contributed by atoms with van der Waals surface area (Å²) in [6, 6.07) is 0. The highest BCUT2D eigenvalue weighted by molar-refractivity contribution is 5.23. The predicted octanol–water partition coefficient (Wildman–Crippen LogP) is 1.05. The smallest absolute Gasteiger partial charge is 0.146 e. The van der Waals surface area contributed by atoms with Crippen LogP contribution in [0.3, 0.4) is 0 Å². The molecule has 0 heterocycles. The maximum absolute atomic E-state index is 8.90. The van der Waals surface area contributed by atoms with Crippen molar-refractivity contribution in [2.75, 3.05) is 0 Å². The summed E-state index contributed by atoms with van der Waals surface area (Å²) in [4.78, 5) is 3.46. The maximum Gasteiger partial charge on any atom is 0.146 e. The van der Waals surface area contributed by atoms with E-state index in [1.807, 2.05) is 13.8 Å². The van der Waals surface area contributed by atoms with Crippen LogP contribution in [0.1, 0.15) is 20.3 Å². The fourth-order valence-electron chi connectivity index (χ4n) is 0.391. The number of nitrogens with zero attached hydrogens (tertiary/aromatic N) is 1. The van der Waals surface area contributed by atoms with E-state index in [4.69, 9.17) is 5.11 Å². The van der Waals surface area contributed by atoms with Gasteiger partial charge in [-0.05, 0) is 13.1 Å². The predicted molar refractivity (Wildman–Crippen MR) is 35.0 cm³/mol. The zero-order valence-electron chi connectivity index (χ0n) is 5.46. The zero-order valence-corrected chi connectivity index (χ0v) is 5.46. The van der Waals surface area contributed by atoms with E-state index in [-0.39, 0.29) is 5.92 Å². The molecule has 0 bridgehead atoms. The van der Waals surface area contributed by atoms with Gasteiger partial charge in [-0.1, -0.05) is 13.8 Å². The molecule has 0 radical (unpaired) electrons. The second-order valence-corrected chi connectivity index (χ2v) is 1.98. The summed E-state index contributed by atoms with van der Waals surface area (Å²) >= 11 is 0. The summed E-state index contributed by atoms with van der Waals surface area (Å²) in [7, 11) is 0. The molecule has 0 amide bonds. The summed E-state index contributed by atoms with van der Waals surface area (Å²) in [6.45, 7) is 7.19. The van der Waals surface area contributed by atoms with Gasteiger partial charge >= 0.3 is 0 Å². The van der Waals surface area contributed by atoms with Crippen molar-refractivity contribution in [3.8, 4) is 0 Å². The molecular weight excluding hydrogens is 102 g/mol. The van der Waals surface area contributed by atoms with Gasteiger partial charge in [0.15, 0.2) is 0 Å². The molecule has 0 aliphatic rings. The first kappa shape index (κ1) is 7.63. The summed E-state index contributed by atoms with van der Waals surface area (Å²) in [5.41, 5.74) is 0. The number of hydrogen-bond donors (Lipinski definition) is 1. The van der Waals surface area contributed by atoms with Crippen LogP contribution in [0, 0.1) is 5.92 Å². The minimum Gasteiger partial charge on any atom is -0.372 e. The van der Waals surface area contributed by atoms with E-state index in [0.29, 0.717) is 0 Å². The molecule has 0 spiro atoms. The summed E-state index contributed by atoms with van der Waals surface area (Å²) in [5, 5.41) is 8.90. The normalized spacial score (nSPS) is 17.4. The second-order valence-electron chi connectivity index (χ2n) is 1.98. The molecule has 0 aromatic rings. The lowest BCUT2D eigenvalue weighted by atomic mass is 10.1. The SMILES string of the molecule is C=NC(O)C(C)CC. The molecule has 0 saturated carbocycles. The lowest BCUT2D eigenvalue weighted by Gasteiger charge is -2.10. The van der Waals surface area contributed by atoms with Gasteiger partial charge in [0.05, 0.1) is 0 Å². The van der Waals surface area contributed by atoms with Crippen LogP contribution in [0.25, 0.3) is 0 Å². The molecule has 48 valence electrons. The maximum atomic E-state index is 8.90. The lowest BCUT2D eigenvalue weighted by Crippen LogP contribution is -2.12. The van der Waals surface area contributed by atoms with E-state index in [1.165, 1.54) is 0 Å². The van der Waals surface area contributed by atoms with Crippen molar-refractivity contribution >= 4 is 6.72 Å². The molecular formula is C6H13NO. The van der Waals surface area contributed by atoms with Gasteiger partial charge in [0.2, 0.25) is 0 Å². The van der Waals surface area contributed by atoms with Crippen molar-refractivity contribution in [3.05, 3.63) is 0 Å². The van der Waals surface area contributed by atoms with Gasteiger partial charge in [-0.3, -0.25) is 4.99 Å². The summed E-state index contributed by atoms with van der Waals surface area (Å²) < 4.78 is 0. The van der Waals surface area contributed by atoms with Crippen molar-refractivity contribution in [2.45, 2.75) is 26.5 Å². The van der Waals surface area contributed by atoms with Gasteiger partial charge in [-0.15, -0.1) is 0 Å². The van der Waals surface area contributed by atoms with Gasteiger partial charge in [-0.2, -0.15) is 0 Å². The molecule has 8 heavy (non-hydrogen) atoms. The van der Waals surface area contributed by atoms with E-state index in [9.17, 15) is 0 Å². The molecule has 0 aliphatic carbocycles. The second kappa shape index (κ2) is 3.61. The summed E-state index contributed by atoms with van der Waals surface area (Å²) in [5.74, 6) is 0.243. The average Bonchev–Trinajstić information content (AvgIpc) is 1.84. The quantitative estimate of drug-likeness (QED) is 0.548. The Hall–Kier alpha value is -0.370. The van der Waals surface area contributed by atoms with Gasteiger partial charge in [0, 0.05) is 5.92 Å². The van der Waals surface area contributed by atoms with Crippen LogP contribution in [0.5, 0.6) is 0 Å². The Morgan fingerprint density at radius 2 is 2.25 bits per heavy atom. The lowest BCUT2D eigenvalue weighted by molar-refractivity contribution is 0.124. The molecule has 0 saturated heterocycles. The van der Waals surface area contributed by atoms with Gasteiger partial charge in [-0.25, -0.2) is 0 Å². The Bertz CT molecular complexity index is 72.9. The average molecular weight is 115 g/mol. The van der Waals surface area contributed by atoms with Crippen molar-refractivity contribution in [1.29, 1.82) is 0 Å². The number of hydrogen-bond acceptors (Lipinski definition) is 2.